The van der Waals surface area contributed by atoms with Crippen molar-refractivity contribution in [2.24, 2.45) is 0 Å². The van der Waals surface area contributed by atoms with Crippen LogP contribution < -0.4 is 10.1 Å². The monoisotopic (exact) mass is 208 g/mol. The summed E-state index contributed by atoms with van der Waals surface area (Å²) in [4.78, 5) is 4.09. The predicted octanol–water partition coefficient (Wildman–Crippen LogP) is 2.02. The first-order chi connectivity index (χ1) is 7.30. The first-order valence-electron chi connectivity index (χ1n) is 5.52. The van der Waals surface area contributed by atoms with Gasteiger partial charge in [0.05, 0.1) is 7.11 Å². The van der Waals surface area contributed by atoms with Crippen LogP contribution in [-0.4, -0.2) is 24.7 Å². The van der Waals surface area contributed by atoms with Crippen LogP contribution >= 0.6 is 0 Å². The zero-order valence-corrected chi connectivity index (χ0v) is 9.79. The summed E-state index contributed by atoms with van der Waals surface area (Å²) in [6, 6.07) is 4.59. The Bertz CT molecular complexity index is 289. The highest BCUT2D eigenvalue weighted by atomic mass is 16.5. The van der Waals surface area contributed by atoms with Crippen LogP contribution in [0.25, 0.3) is 0 Å². The van der Waals surface area contributed by atoms with E-state index in [0.29, 0.717) is 11.9 Å². The molecule has 0 aliphatic rings. The van der Waals surface area contributed by atoms with Gasteiger partial charge >= 0.3 is 0 Å². The number of methoxy groups -OCH3 is 1. The molecule has 0 fully saturated rings. The average Bonchev–Trinajstić information content (AvgIpc) is 2.29. The smallest absolute Gasteiger partial charge is 0.213 e. The second-order valence-electron chi connectivity index (χ2n) is 3.57. The fourth-order valence-electron chi connectivity index (χ4n) is 1.62. The number of likely N-dealkylation sites (N-methyl/N-ethyl adjacent to an activating group) is 1. The Kier molecular flexibility index (Phi) is 5.12. The number of rotatable bonds is 6. The van der Waals surface area contributed by atoms with Crippen LogP contribution in [0, 0.1) is 0 Å². The minimum atomic E-state index is 0.544. The zero-order chi connectivity index (χ0) is 11.1. The SMILES string of the molecule is CCNC(CC)Cc1ccnc(OC)c1. The quantitative estimate of drug-likeness (QED) is 0.776. The molecule has 1 atom stereocenters. The standard InChI is InChI=1S/C12H20N2O/c1-4-11(13-5-2)8-10-6-7-14-12(9-10)15-3/h6-7,9,11,13H,4-5,8H2,1-3H3. The van der Waals surface area contributed by atoms with E-state index in [2.05, 4.69) is 24.1 Å². The van der Waals surface area contributed by atoms with Gasteiger partial charge in [-0.05, 0) is 31.0 Å². The number of hydrogen-bond acceptors (Lipinski definition) is 3. The van der Waals surface area contributed by atoms with Crippen molar-refractivity contribution in [2.45, 2.75) is 32.7 Å². The molecule has 15 heavy (non-hydrogen) atoms. The van der Waals surface area contributed by atoms with Gasteiger partial charge in [-0.3, -0.25) is 0 Å². The first-order valence-corrected chi connectivity index (χ1v) is 5.52. The van der Waals surface area contributed by atoms with Crippen molar-refractivity contribution >= 4 is 0 Å². The minimum absolute atomic E-state index is 0.544. The van der Waals surface area contributed by atoms with Crippen molar-refractivity contribution in [3.8, 4) is 5.88 Å². The molecule has 1 aromatic heterocycles. The lowest BCUT2D eigenvalue weighted by Gasteiger charge is -2.15. The van der Waals surface area contributed by atoms with Gasteiger partial charge in [0, 0.05) is 18.3 Å². The van der Waals surface area contributed by atoms with Crippen LogP contribution in [-0.2, 0) is 6.42 Å². The number of nitrogens with zero attached hydrogens (tertiary/aromatic N) is 1. The Morgan fingerprint density at radius 1 is 1.47 bits per heavy atom. The molecule has 0 bridgehead atoms. The summed E-state index contributed by atoms with van der Waals surface area (Å²) in [5, 5.41) is 3.46. The van der Waals surface area contributed by atoms with Crippen LogP contribution in [0.15, 0.2) is 18.3 Å². The van der Waals surface area contributed by atoms with Crippen molar-refractivity contribution in [1.82, 2.24) is 10.3 Å². The van der Waals surface area contributed by atoms with E-state index in [-0.39, 0.29) is 0 Å². The number of ether oxygens (including phenoxy) is 1. The summed E-state index contributed by atoms with van der Waals surface area (Å²) in [5.74, 6) is 0.693. The van der Waals surface area contributed by atoms with Crippen LogP contribution in [0.1, 0.15) is 25.8 Å². The van der Waals surface area contributed by atoms with Crippen LogP contribution in [0.5, 0.6) is 5.88 Å². The molecule has 0 amide bonds. The summed E-state index contributed by atoms with van der Waals surface area (Å²) in [7, 11) is 1.65. The third-order valence-corrected chi connectivity index (χ3v) is 2.48. The molecule has 3 nitrogen and oxygen atoms in total. The Balaban J connectivity index is 2.61. The topological polar surface area (TPSA) is 34.2 Å². The van der Waals surface area contributed by atoms with E-state index in [0.717, 1.165) is 19.4 Å². The highest BCUT2D eigenvalue weighted by Gasteiger charge is 2.06. The van der Waals surface area contributed by atoms with Crippen molar-refractivity contribution < 1.29 is 4.74 Å². The van der Waals surface area contributed by atoms with Crippen LogP contribution in [0.3, 0.4) is 0 Å². The second kappa shape index (κ2) is 6.40. The third kappa shape index (κ3) is 3.88. The van der Waals surface area contributed by atoms with Gasteiger partial charge in [0.1, 0.15) is 0 Å². The van der Waals surface area contributed by atoms with Gasteiger partial charge in [-0.2, -0.15) is 0 Å². The molecule has 0 saturated carbocycles. The van der Waals surface area contributed by atoms with Crippen molar-refractivity contribution in [3.63, 3.8) is 0 Å². The van der Waals surface area contributed by atoms with E-state index >= 15 is 0 Å². The van der Waals surface area contributed by atoms with Gasteiger partial charge in [-0.15, -0.1) is 0 Å². The zero-order valence-electron chi connectivity index (χ0n) is 9.79. The fourth-order valence-corrected chi connectivity index (χ4v) is 1.62. The number of nitrogens with one attached hydrogen (secondary N) is 1. The maximum absolute atomic E-state index is 5.10. The lowest BCUT2D eigenvalue weighted by molar-refractivity contribution is 0.396. The fraction of sp³-hybridized carbons (Fsp3) is 0.583. The normalized spacial score (nSPS) is 12.5. The van der Waals surface area contributed by atoms with Crippen molar-refractivity contribution in [1.29, 1.82) is 0 Å². The van der Waals surface area contributed by atoms with Gasteiger partial charge in [-0.1, -0.05) is 13.8 Å². The number of hydrogen-bond donors (Lipinski definition) is 1. The molecule has 0 aromatic carbocycles. The molecular weight excluding hydrogens is 188 g/mol. The van der Waals surface area contributed by atoms with E-state index < -0.39 is 0 Å². The molecule has 0 saturated heterocycles. The molecule has 0 spiro atoms. The first kappa shape index (κ1) is 12.0. The highest BCUT2D eigenvalue weighted by Crippen LogP contribution is 2.11. The molecule has 84 valence electrons. The summed E-state index contributed by atoms with van der Waals surface area (Å²) in [6.07, 6.45) is 3.97. The molecule has 1 unspecified atom stereocenters. The molecule has 0 aliphatic heterocycles. The Hall–Kier alpha value is -1.09. The Morgan fingerprint density at radius 2 is 2.27 bits per heavy atom. The van der Waals surface area contributed by atoms with Gasteiger partial charge < -0.3 is 10.1 Å². The molecule has 1 rings (SSSR count). The van der Waals surface area contributed by atoms with Gasteiger partial charge in [0.25, 0.3) is 0 Å². The molecule has 1 N–H and O–H groups in total. The van der Waals surface area contributed by atoms with E-state index in [1.165, 1.54) is 5.56 Å². The van der Waals surface area contributed by atoms with E-state index in [9.17, 15) is 0 Å². The van der Waals surface area contributed by atoms with Gasteiger partial charge in [0.2, 0.25) is 5.88 Å². The molecular formula is C12H20N2O. The molecule has 1 aromatic rings. The predicted molar refractivity (Wildman–Crippen MR) is 62.2 cm³/mol. The molecule has 0 radical (unpaired) electrons. The van der Waals surface area contributed by atoms with Crippen molar-refractivity contribution in [2.75, 3.05) is 13.7 Å². The summed E-state index contributed by atoms with van der Waals surface area (Å²) < 4.78 is 5.10. The lowest BCUT2D eigenvalue weighted by Crippen LogP contribution is -2.30. The summed E-state index contributed by atoms with van der Waals surface area (Å²) >= 11 is 0. The van der Waals surface area contributed by atoms with Crippen molar-refractivity contribution in [3.05, 3.63) is 23.9 Å². The maximum atomic E-state index is 5.10. The highest BCUT2D eigenvalue weighted by molar-refractivity contribution is 5.21. The minimum Gasteiger partial charge on any atom is -0.481 e. The van der Waals surface area contributed by atoms with E-state index in [4.69, 9.17) is 4.74 Å². The Labute approximate surface area is 91.9 Å². The molecule has 0 aliphatic carbocycles. The van der Waals surface area contributed by atoms with E-state index in [1.807, 2.05) is 12.1 Å². The third-order valence-electron chi connectivity index (χ3n) is 2.48. The van der Waals surface area contributed by atoms with Gasteiger partial charge in [0.15, 0.2) is 0 Å². The summed E-state index contributed by atoms with van der Waals surface area (Å²) in [5.41, 5.74) is 1.27. The number of pyridine rings is 1. The van der Waals surface area contributed by atoms with Crippen LogP contribution in [0.4, 0.5) is 0 Å². The maximum Gasteiger partial charge on any atom is 0.213 e. The number of aromatic nitrogens is 1. The largest absolute Gasteiger partial charge is 0.481 e. The van der Waals surface area contributed by atoms with Crippen LogP contribution in [0.2, 0.25) is 0 Å². The Morgan fingerprint density at radius 3 is 2.87 bits per heavy atom. The molecule has 1 heterocycles. The summed E-state index contributed by atoms with van der Waals surface area (Å²) in [6.45, 7) is 5.35. The second-order valence-corrected chi connectivity index (χ2v) is 3.57. The average molecular weight is 208 g/mol. The van der Waals surface area contributed by atoms with Gasteiger partial charge in [-0.25, -0.2) is 4.98 Å². The van der Waals surface area contributed by atoms with E-state index in [1.54, 1.807) is 13.3 Å². The molecule has 3 heteroatoms. The lowest BCUT2D eigenvalue weighted by atomic mass is 10.1.